The van der Waals surface area contributed by atoms with Crippen molar-refractivity contribution in [1.82, 2.24) is 9.97 Å². The zero-order valence-corrected chi connectivity index (χ0v) is 11.4. The van der Waals surface area contributed by atoms with Crippen molar-refractivity contribution in [3.63, 3.8) is 0 Å². The first-order valence-corrected chi connectivity index (χ1v) is 6.91. The normalized spacial score (nSPS) is 20.2. The summed E-state index contributed by atoms with van der Waals surface area (Å²) in [5, 5.41) is 6.53. The number of nitrogens with two attached hydrogens (primary N) is 1. The molecule has 0 radical (unpaired) electrons. The lowest BCUT2D eigenvalue weighted by atomic mass is 10.2. The maximum atomic E-state index is 5.70. The summed E-state index contributed by atoms with van der Waals surface area (Å²) >= 11 is 0. The van der Waals surface area contributed by atoms with Crippen LogP contribution in [0.4, 0.5) is 11.6 Å². The Balaban J connectivity index is 1.77. The molecule has 1 aliphatic heterocycles. The highest BCUT2D eigenvalue weighted by Crippen LogP contribution is 2.14. The van der Waals surface area contributed by atoms with E-state index >= 15 is 0 Å². The van der Waals surface area contributed by atoms with Gasteiger partial charge in [0.15, 0.2) is 0 Å². The molecule has 1 aliphatic rings. The van der Waals surface area contributed by atoms with E-state index in [0.717, 1.165) is 50.6 Å². The lowest BCUT2D eigenvalue weighted by Crippen LogP contribution is -2.20. The van der Waals surface area contributed by atoms with Crippen LogP contribution in [0.2, 0.25) is 0 Å². The number of hydrogen-bond acceptors (Lipinski definition) is 6. The Morgan fingerprint density at radius 2 is 2.21 bits per heavy atom. The second-order valence-electron chi connectivity index (χ2n) is 5.00. The Morgan fingerprint density at radius 3 is 2.89 bits per heavy atom. The van der Waals surface area contributed by atoms with Gasteiger partial charge in [-0.2, -0.15) is 0 Å². The van der Waals surface area contributed by atoms with Crippen LogP contribution < -0.4 is 16.4 Å². The fraction of sp³-hybridized carbons (Fsp3) is 0.692. The number of rotatable bonds is 7. The fourth-order valence-corrected chi connectivity index (χ4v) is 2.00. The number of ether oxygens (including phenoxy) is 1. The van der Waals surface area contributed by atoms with E-state index in [4.69, 9.17) is 10.5 Å². The van der Waals surface area contributed by atoms with Gasteiger partial charge in [-0.3, -0.25) is 0 Å². The molecule has 0 aromatic carbocycles. The minimum absolute atomic E-state index is 0.200. The molecule has 106 valence electrons. The Kier molecular flexibility index (Phi) is 5.35. The Morgan fingerprint density at radius 1 is 1.42 bits per heavy atom. The Bertz CT molecular complexity index is 379. The zero-order chi connectivity index (χ0) is 13.5. The van der Waals surface area contributed by atoms with E-state index in [2.05, 4.69) is 20.6 Å². The molecule has 6 heteroatoms. The molecular weight excluding hydrogens is 242 g/mol. The highest BCUT2D eigenvalue weighted by atomic mass is 16.5. The molecule has 2 unspecified atom stereocenters. The van der Waals surface area contributed by atoms with Gasteiger partial charge in [0.1, 0.15) is 18.0 Å². The van der Waals surface area contributed by atoms with Crippen molar-refractivity contribution in [2.24, 2.45) is 5.73 Å². The Hall–Kier alpha value is -1.40. The van der Waals surface area contributed by atoms with Crippen LogP contribution in [0.5, 0.6) is 0 Å². The van der Waals surface area contributed by atoms with Gasteiger partial charge in [-0.25, -0.2) is 9.97 Å². The lowest BCUT2D eigenvalue weighted by Gasteiger charge is -2.12. The van der Waals surface area contributed by atoms with Crippen molar-refractivity contribution in [2.75, 3.05) is 30.3 Å². The first kappa shape index (κ1) is 14.0. The van der Waals surface area contributed by atoms with Crippen molar-refractivity contribution in [2.45, 2.75) is 38.3 Å². The zero-order valence-electron chi connectivity index (χ0n) is 11.4. The molecule has 1 aromatic rings. The van der Waals surface area contributed by atoms with Gasteiger partial charge in [-0.1, -0.05) is 0 Å². The summed E-state index contributed by atoms with van der Waals surface area (Å²) in [6.45, 7) is 4.49. The summed E-state index contributed by atoms with van der Waals surface area (Å²) in [4.78, 5) is 8.38. The van der Waals surface area contributed by atoms with E-state index in [1.54, 1.807) is 6.33 Å². The molecule has 2 rings (SSSR count). The molecule has 2 atom stereocenters. The van der Waals surface area contributed by atoms with Crippen LogP contribution in [-0.2, 0) is 4.74 Å². The third kappa shape index (κ3) is 5.00. The highest BCUT2D eigenvalue weighted by molar-refractivity contribution is 5.46. The van der Waals surface area contributed by atoms with E-state index in [-0.39, 0.29) is 6.04 Å². The van der Waals surface area contributed by atoms with Crippen molar-refractivity contribution >= 4 is 11.6 Å². The van der Waals surface area contributed by atoms with Gasteiger partial charge in [-0.15, -0.1) is 0 Å². The van der Waals surface area contributed by atoms with E-state index in [1.807, 2.05) is 13.0 Å². The number of anilines is 2. The van der Waals surface area contributed by atoms with Crippen LogP contribution in [0.3, 0.4) is 0 Å². The standard InChI is InChI=1S/C13H23N5O/c1-10(14)4-5-15-12-7-13(18-9-17-12)16-8-11-3-2-6-19-11/h7,9-11H,2-6,8,14H2,1H3,(H2,15,16,17,18). The predicted molar refractivity (Wildman–Crippen MR) is 76.3 cm³/mol. The molecule has 0 aliphatic carbocycles. The van der Waals surface area contributed by atoms with Crippen LogP contribution in [0.25, 0.3) is 0 Å². The minimum atomic E-state index is 0.200. The summed E-state index contributed by atoms with van der Waals surface area (Å²) in [5.74, 6) is 1.65. The molecule has 19 heavy (non-hydrogen) atoms. The van der Waals surface area contributed by atoms with Gasteiger partial charge in [0.2, 0.25) is 0 Å². The van der Waals surface area contributed by atoms with Crippen LogP contribution in [0.1, 0.15) is 26.2 Å². The van der Waals surface area contributed by atoms with Gasteiger partial charge in [0, 0.05) is 31.8 Å². The summed E-state index contributed by atoms with van der Waals surface area (Å²) in [6.07, 6.45) is 5.07. The summed E-state index contributed by atoms with van der Waals surface area (Å²) in [7, 11) is 0. The topological polar surface area (TPSA) is 85.1 Å². The van der Waals surface area contributed by atoms with Crippen LogP contribution in [-0.4, -0.2) is 41.8 Å². The van der Waals surface area contributed by atoms with Gasteiger partial charge < -0.3 is 21.1 Å². The molecule has 0 amide bonds. The van der Waals surface area contributed by atoms with Crippen molar-refractivity contribution in [3.05, 3.63) is 12.4 Å². The van der Waals surface area contributed by atoms with Crippen molar-refractivity contribution in [1.29, 1.82) is 0 Å². The number of nitrogens with one attached hydrogen (secondary N) is 2. The lowest BCUT2D eigenvalue weighted by molar-refractivity contribution is 0.120. The SMILES string of the molecule is CC(N)CCNc1cc(NCC2CCCO2)ncn1. The number of hydrogen-bond donors (Lipinski definition) is 3. The third-order valence-corrected chi connectivity index (χ3v) is 3.11. The molecule has 1 fully saturated rings. The monoisotopic (exact) mass is 265 g/mol. The van der Waals surface area contributed by atoms with E-state index in [0.29, 0.717) is 6.10 Å². The van der Waals surface area contributed by atoms with Gasteiger partial charge in [-0.05, 0) is 26.2 Å². The minimum Gasteiger partial charge on any atom is -0.376 e. The van der Waals surface area contributed by atoms with Gasteiger partial charge in [0.25, 0.3) is 0 Å². The second-order valence-corrected chi connectivity index (χ2v) is 5.00. The molecule has 2 heterocycles. The molecule has 1 aromatic heterocycles. The maximum absolute atomic E-state index is 5.70. The molecule has 0 saturated carbocycles. The van der Waals surface area contributed by atoms with E-state index in [9.17, 15) is 0 Å². The first-order chi connectivity index (χ1) is 9.24. The molecular formula is C13H23N5O. The smallest absolute Gasteiger partial charge is 0.131 e. The molecule has 0 spiro atoms. The molecule has 4 N–H and O–H groups in total. The van der Waals surface area contributed by atoms with Crippen LogP contribution >= 0.6 is 0 Å². The summed E-state index contributed by atoms with van der Waals surface area (Å²) in [5.41, 5.74) is 5.70. The van der Waals surface area contributed by atoms with Gasteiger partial charge >= 0.3 is 0 Å². The average Bonchev–Trinajstić information content (AvgIpc) is 2.89. The van der Waals surface area contributed by atoms with Gasteiger partial charge in [0.05, 0.1) is 6.10 Å². The number of nitrogens with zero attached hydrogens (tertiary/aromatic N) is 2. The van der Waals surface area contributed by atoms with Crippen LogP contribution in [0.15, 0.2) is 12.4 Å². The summed E-state index contributed by atoms with van der Waals surface area (Å²) < 4.78 is 5.56. The molecule has 1 saturated heterocycles. The molecule has 0 bridgehead atoms. The predicted octanol–water partition coefficient (Wildman–Crippen LogP) is 1.22. The highest BCUT2D eigenvalue weighted by Gasteiger charge is 2.14. The van der Waals surface area contributed by atoms with Crippen molar-refractivity contribution in [3.8, 4) is 0 Å². The van der Waals surface area contributed by atoms with E-state index in [1.165, 1.54) is 0 Å². The fourth-order valence-electron chi connectivity index (χ4n) is 2.00. The largest absolute Gasteiger partial charge is 0.376 e. The quantitative estimate of drug-likeness (QED) is 0.687. The Labute approximate surface area is 114 Å². The van der Waals surface area contributed by atoms with Crippen molar-refractivity contribution < 1.29 is 4.74 Å². The first-order valence-electron chi connectivity index (χ1n) is 6.91. The summed E-state index contributed by atoms with van der Waals surface area (Å²) in [6, 6.07) is 2.11. The van der Waals surface area contributed by atoms with E-state index < -0.39 is 0 Å². The maximum Gasteiger partial charge on any atom is 0.131 e. The number of aromatic nitrogens is 2. The third-order valence-electron chi connectivity index (χ3n) is 3.11. The average molecular weight is 265 g/mol. The molecule has 6 nitrogen and oxygen atoms in total. The van der Waals surface area contributed by atoms with Crippen LogP contribution in [0, 0.1) is 0 Å². The second kappa shape index (κ2) is 7.25.